The number of amides is 1. The van der Waals surface area contributed by atoms with Crippen LogP contribution in [0.25, 0.3) is 11.3 Å². The molecule has 1 saturated carbocycles. The highest BCUT2D eigenvalue weighted by Gasteiger charge is 2.38. The van der Waals surface area contributed by atoms with Gasteiger partial charge in [0.2, 0.25) is 0 Å². The zero-order valence-electron chi connectivity index (χ0n) is 16.5. The molecule has 28 heavy (non-hydrogen) atoms. The van der Waals surface area contributed by atoms with Crippen molar-refractivity contribution in [1.29, 1.82) is 5.26 Å². The summed E-state index contributed by atoms with van der Waals surface area (Å²) in [6.45, 7) is 6.79. The minimum absolute atomic E-state index is 0.0710. The first-order valence-electron chi connectivity index (χ1n) is 9.34. The number of aromatic nitrogens is 2. The molecule has 3 rings (SSSR count). The molecule has 1 heterocycles. The predicted octanol–water partition coefficient (Wildman–Crippen LogP) is 3.47. The highest BCUT2D eigenvalue weighted by molar-refractivity contribution is 5.99. The van der Waals surface area contributed by atoms with Gasteiger partial charge < -0.3 is 10.4 Å². The fraction of sp³-hybridized carbons (Fsp3) is 0.429. The Morgan fingerprint density at radius 2 is 1.89 bits per heavy atom. The van der Waals surface area contributed by atoms with Gasteiger partial charge in [0.1, 0.15) is 11.2 Å². The molecule has 0 unspecified atom stereocenters. The predicted molar refractivity (Wildman–Crippen MR) is 104 cm³/mol. The van der Waals surface area contributed by atoms with Gasteiger partial charge in [-0.3, -0.25) is 9.48 Å². The van der Waals surface area contributed by atoms with Crippen molar-refractivity contribution >= 4 is 11.9 Å². The number of nitrogens with one attached hydrogen (secondary N) is 1. The van der Waals surface area contributed by atoms with Crippen LogP contribution in [0.4, 0.5) is 0 Å². The lowest BCUT2D eigenvalue weighted by Crippen LogP contribution is -2.50. The first kappa shape index (κ1) is 19.6. The lowest BCUT2D eigenvalue weighted by atomic mass is 9.99. The standard InChI is InChI=1S/C21H24N4O3/c1-12(2)25-18(19(26)23-21(3,4)20(27)28)16(14-9-10-14)17(24-25)15-7-5-13(11-22)6-8-15/h5-8,12,14H,9-10H2,1-4H3,(H,23,26)(H,27,28). The van der Waals surface area contributed by atoms with Gasteiger partial charge in [-0.05, 0) is 58.6 Å². The van der Waals surface area contributed by atoms with Crippen LogP contribution in [0.3, 0.4) is 0 Å². The van der Waals surface area contributed by atoms with Crippen LogP contribution in [-0.4, -0.2) is 32.3 Å². The molecule has 1 aromatic heterocycles. The van der Waals surface area contributed by atoms with Gasteiger partial charge in [0.05, 0.1) is 17.3 Å². The van der Waals surface area contributed by atoms with Crippen LogP contribution >= 0.6 is 0 Å². The van der Waals surface area contributed by atoms with E-state index < -0.39 is 17.4 Å². The van der Waals surface area contributed by atoms with Gasteiger partial charge in [0, 0.05) is 17.2 Å². The van der Waals surface area contributed by atoms with Crippen molar-refractivity contribution in [3.8, 4) is 17.3 Å². The first-order chi connectivity index (χ1) is 13.2. The summed E-state index contributed by atoms with van der Waals surface area (Å²) < 4.78 is 1.68. The molecule has 1 aliphatic rings. The number of carbonyl (C=O) groups excluding carboxylic acids is 1. The molecule has 146 valence electrons. The van der Waals surface area contributed by atoms with Gasteiger partial charge in [0.15, 0.2) is 0 Å². The topological polar surface area (TPSA) is 108 Å². The van der Waals surface area contributed by atoms with E-state index in [-0.39, 0.29) is 12.0 Å². The summed E-state index contributed by atoms with van der Waals surface area (Å²) in [5.74, 6) is -1.31. The number of carbonyl (C=O) groups is 2. The highest BCUT2D eigenvalue weighted by atomic mass is 16.4. The average Bonchev–Trinajstić information content (AvgIpc) is 3.39. The molecule has 0 aliphatic heterocycles. The maximum atomic E-state index is 13.1. The molecule has 0 radical (unpaired) electrons. The third kappa shape index (κ3) is 3.63. The largest absolute Gasteiger partial charge is 0.480 e. The Kier molecular flexibility index (Phi) is 4.99. The number of hydrogen-bond acceptors (Lipinski definition) is 4. The van der Waals surface area contributed by atoms with Gasteiger partial charge in [-0.2, -0.15) is 10.4 Å². The van der Waals surface area contributed by atoms with Crippen molar-refractivity contribution in [2.75, 3.05) is 0 Å². The van der Waals surface area contributed by atoms with E-state index in [0.717, 1.165) is 29.7 Å². The minimum Gasteiger partial charge on any atom is -0.480 e. The smallest absolute Gasteiger partial charge is 0.328 e. The lowest BCUT2D eigenvalue weighted by molar-refractivity contribution is -0.143. The summed E-state index contributed by atoms with van der Waals surface area (Å²) >= 11 is 0. The average molecular weight is 380 g/mol. The SMILES string of the molecule is CC(C)n1nc(-c2ccc(C#N)cc2)c(C2CC2)c1C(=O)NC(C)(C)C(=O)O. The third-order valence-electron chi connectivity index (χ3n) is 4.89. The van der Waals surface area contributed by atoms with Crippen molar-refractivity contribution in [1.82, 2.24) is 15.1 Å². The number of carboxylic acid groups (broad SMARTS) is 1. The van der Waals surface area contributed by atoms with E-state index in [1.165, 1.54) is 13.8 Å². The number of hydrogen-bond donors (Lipinski definition) is 2. The van der Waals surface area contributed by atoms with Crippen LogP contribution in [0.5, 0.6) is 0 Å². The van der Waals surface area contributed by atoms with E-state index in [1.807, 2.05) is 26.0 Å². The van der Waals surface area contributed by atoms with Crippen LogP contribution in [0, 0.1) is 11.3 Å². The second-order valence-electron chi connectivity index (χ2n) is 8.00. The van der Waals surface area contributed by atoms with Crippen molar-refractivity contribution in [2.24, 2.45) is 0 Å². The zero-order valence-corrected chi connectivity index (χ0v) is 16.5. The summed E-state index contributed by atoms with van der Waals surface area (Å²) in [5.41, 5.74) is 2.01. The van der Waals surface area contributed by atoms with E-state index >= 15 is 0 Å². The van der Waals surface area contributed by atoms with Crippen LogP contribution in [0.2, 0.25) is 0 Å². The van der Waals surface area contributed by atoms with Crippen molar-refractivity contribution < 1.29 is 14.7 Å². The molecule has 1 amide bonds. The normalized spacial score (nSPS) is 14.0. The molecule has 0 atom stereocenters. The minimum atomic E-state index is -1.39. The number of benzene rings is 1. The molecule has 7 nitrogen and oxygen atoms in total. The van der Waals surface area contributed by atoms with Gasteiger partial charge in [-0.15, -0.1) is 0 Å². The third-order valence-corrected chi connectivity index (χ3v) is 4.89. The number of nitrogens with zero attached hydrogens (tertiary/aromatic N) is 3. The Morgan fingerprint density at radius 3 is 2.36 bits per heavy atom. The molecule has 1 aromatic carbocycles. The molecule has 2 aromatic rings. The van der Waals surface area contributed by atoms with E-state index in [1.54, 1.807) is 16.8 Å². The van der Waals surface area contributed by atoms with Gasteiger partial charge in [-0.25, -0.2) is 4.79 Å². The molecule has 0 spiro atoms. The summed E-state index contributed by atoms with van der Waals surface area (Å²) in [6, 6.07) is 9.16. The number of rotatable bonds is 6. The zero-order chi connectivity index (χ0) is 20.6. The molecule has 2 N–H and O–H groups in total. The Balaban J connectivity index is 2.13. The van der Waals surface area contributed by atoms with Gasteiger partial charge >= 0.3 is 5.97 Å². The number of nitriles is 1. The maximum Gasteiger partial charge on any atom is 0.328 e. The Labute approximate surface area is 164 Å². The fourth-order valence-corrected chi connectivity index (χ4v) is 3.12. The fourth-order valence-electron chi connectivity index (χ4n) is 3.12. The molecule has 1 fully saturated rings. The molecular weight excluding hydrogens is 356 g/mol. The summed E-state index contributed by atoms with van der Waals surface area (Å²) in [6.07, 6.45) is 1.94. The second-order valence-corrected chi connectivity index (χ2v) is 8.00. The lowest BCUT2D eigenvalue weighted by Gasteiger charge is -2.22. The highest BCUT2D eigenvalue weighted by Crippen LogP contribution is 2.46. The quantitative estimate of drug-likeness (QED) is 0.798. The monoisotopic (exact) mass is 380 g/mol. The van der Waals surface area contributed by atoms with E-state index in [0.29, 0.717) is 11.3 Å². The first-order valence-corrected chi connectivity index (χ1v) is 9.34. The van der Waals surface area contributed by atoms with Gasteiger partial charge in [-0.1, -0.05) is 12.1 Å². The summed E-state index contributed by atoms with van der Waals surface area (Å²) in [4.78, 5) is 24.6. The van der Waals surface area contributed by atoms with Gasteiger partial charge in [0.25, 0.3) is 5.91 Å². The Morgan fingerprint density at radius 1 is 1.29 bits per heavy atom. The van der Waals surface area contributed by atoms with E-state index in [4.69, 9.17) is 10.4 Å². The molecule has 7 heteroatoms. The Bertz CT molecular complexity index is 961. The van der Waals surface area contributed by atoms with Crippen LogP contribution in [-0.2, 0) is 4.79 Å². The molecule has 0 saturated heterocycles. The van der Waals surface area contributed by atoms with Crippen molar-refractivity contribution in [3.63, 3.8) is 0 Å². The number of carboxylic acids is 1. The van der Waals surface area contributed by atoms with Crippen LogP contribution < -0.4 is 5.32 Å². The van der Waals surface area contributed by atoms with E-state index in [2.05, 4.69) is 11.4 Å². The van der Waals surface area contributed by atoms with Crippen LogP contribution in [0.15, 0.2) is 24.3 Å². The van der Waals surface area contributed by atoms with Crippen molar-refractivity contribution in [2.45, 2.75) is 58.0 Å². The van der Waals surface area contributed by atoms with E-state index in [9.17, 15) is 14.7 Å². The molecule has 1 aliphatic carbocycles. The van der Waals surface area contributed by atoms with Crippen molar-refractivity contribution in [3.05, 3.63) is 41.1 Å². The Hall–Kier alpha value is -3.14. The van der Waals surface area contributed by atoms with Crippen LogP contribution in [0.1, 0.15) is 74.1 Å². The second kappa shape index (κ2) is 7.12. The molecule has 0 bridgehead atoms. The molecular formula is C21H24N4O3. The summed E-state index contributed by atoms with van der Waals surface area (Å²) in [5, 5.41) is 25.8. The number of aliphatic carboxylic acids is 1. The summed E-state index contributed by atoms with van der Waals surface area (Å²) in [7, 11) is 0. The maximum absolute atomic E-state index is 13.1.